The van der Waals surface area contributed by atoms with Gasteiger partial charge in [0.2, 0.25) is 0 Å². The summed E-state index contributed by atoms with van der Waals surface area (Å²) >= 11 is 0. The average molecular weight is 485 g/mol. The van der Waals surface area contributed by atoms with Crippen LogP contribution >= 0.6 is 0 Å². The predicted molar refractivity (Wildman–Crippen MR) is 154 cm³/mol. The first kappa shape index (κ1) is 24.5. The Morgan fingerprint density at radius 1 is 0.486 bits per heavy atom. The molecule has 0 bridgehead atoms. The average Bonchev–Trinajstić information content (AvgIpc) is 3.27. The first-order valence-electron chi connectivity index (χ1n) is 13.2. The lowest BCUT2D eigenvalue weighted by Crippen LogP contribution is -2.01. The van der Waals surface area contributed by atoms with Crippen LogP contribution < -0.4 is 4.74 Å². The molecule has 0 amide bonds. The fourth-order valence-electron chi connectivity index (χ4n) is 4.98. The summed E-state index contributed by atoms with van der Waals surface area (Å²) in [7, 11) is 0. The molecule has 1 aliphatic rings. The maximum atomic E-state index is 14.2. The highest BCUT2D eigenvalue weighted by Crippen LogP contribution is 2.49. The fourth-order valence-corrected chi connectivity index (χ4v) is 4.98. The number of carbonyl (C=O) groups is 1. The number of ketones is 1. The second kappa shape index (κ2) is 11.7. The van der Waals surface area contributed by atoms with Crippen LogP contribution in [0.1, 0.15) is 54.9 Å². The van der Waals surface area contributed by atoms with E-state index >= 15 is 0 Å². The van der Waals surface area contributed by atoms with Crippen LogP contribution in [0.3, 0.4) is 0 Å². The molecule has 4 aromatic rings. The lowest BCUT2D eigenvalue weighted by molar-refractivity contribution is -0.108. The summed E-state index contributed by atoms with van der Waals surface area (Å²) in [5.41, 5.74) is 7.34. The minimum absolute atomic E-state index is 0.0579. The van der Waals surface area contributed by atoms with Gasteiger partial charge in [0, 0.05) is 22.3 Å². The Morgan fingerprint density at radius 2 is 0.919 bits per heavy atom. The first-order valence-corrected chi connectivity index (χ1v) is 13.2. The van der Waals surface area contributed by atoms with Gasteiger partial charge in [0.25, 0.3) is 0 Å². The summed E-state index contributed by atoms with van der Waals surface area (Å²) in [6, 6.07) is 38.5. The summed E-state index contributed by atoms with van der Waals surface area (Å²) in [5.74, 6) is 0.919. The monoisotopic (exact) mass is 484 g/mol. The van der Waals surface area contributed by atoms with Crippen molar-refractivity contribution >= 4 is 28.1 Å². The zero-order chi connectivity index (χ0) is 25.5. The molecule has 0 spiro atoms. The molecule has 0 saturated carbocycles. The number of ether oxygens (including phenoxy) is 1. The van der Waals surface area contributed by atoms with E-state index in [1.807, 2.05) is 91.0 Å². The highest BCUT2D eigenvalue weighted by Gasteiger charge is 2.35. The van der Waals surface area contributed by atoms with Crippen LogP contribution in [0.2, 0.25) is 0 Å². The van der Waals surface area contributed by atoms with Crippen molar-refractivity contribution in [1.82, 2.24) is 0 Å². The van der Waals surface area contributed by atoms with Gasteiger partial charge < -0.3 is 4.74 Å². The zero-order valence-electron chi connectivity index (χ0n) is 21.3. The summed E-state index contributed by atoms with van der Waals surface area (Å²) < 4.78 is 6.01. The molecule has 0 aliphatic heterocycles. The summed E-state index contributed by atoms with van der Waals surface area (Å²) in [6.45, 7) is 2.94. The summed E-state index contributed by atoms with van der Waals surface area (Å²) in [4.78, 5) is 14.2. The van der Waals surface area contributed by atoms with Crippen LogP contribution in [0, 0.1) is 0 Å². The van der Waals surface area contributed by atoms with Crippen molar-refractivity contribution in [2.75, 3.05) is 6.61 Å². The maximum Gasteiger partial charge on any atom is 0.195 e. The van der Waals surface area contributed by atoms with Gasteiger partial charge in [-0.25, -0.2) is 0 Å². The molecule has 0 fully saturated rings. The van der Waals surface area contributed by atoms with Crippen LogP contribution in [0.25, 0.3) is 22.3 Å². The Morgan fingerprint density at radius 3 is 1.38 bits per heavy atom. The molecule has 0 saturated heterocycles. The number of unbranched alkanes of at least 4 members (excludes halogenated alkanes) is 3. The molecule has 4 aromatic carbocycles. The molecule has 0 heterocycles. The maximum absolute atomic E-state index is 14.2. The lowest BCUT2D eigenvalue weighted by Gasteiger charge is -2.14. The Bertz CT molecular complexity index is 1400. The smallest absolute Gasteiger partial charge is 0.195 e. The van der Waals surface area contributed by atoms with E-state index in [1.54, 1.807) is 0 Å². The number of allylic oxidation sites excluding steroid dienone is 4. The Labute approximate surface area is 220 Å². The molecule has 0 N–H and O–H groups in total. The predicted octanol–water partition coefficient (Wildman–Crippen LogP) is 8.75. The van der Waals surface area contributed by atoms with Crippen molar-refractivity contribution in [1.29, 1.82) is 0 Å². The van der Waals surface area contributed by atoms with Crippen LogP contribution in [0.5, 0.6) is 5.75 Å². The minimum Gasteiger partial charge on any atom is -0.494 e. The number of hydrogen-bond donors (Lipinski definition) is 0. The van der Waals surface area contributed by atoms with Crippen molar-refractivity contribution in [2.45, 2.75) is 32.6 Å². The third-order valence-electron chi connectivity index (χ3n) is 6.80. The van der Waals surface area contributed by atoms with Crippen molar-refractivity contribution in [3.8, 4) is 5.75 Å². The summed E-state index contributed by atoms with van der Waals surface area (Å²) in [5, 5.41) is 0. The second-order valence-corrected chi connectivity index (χ2v) is 9.36. The van der Waals surface area contributed by atoms with Gasteiger partial charge in [0.15, 0.2) is 5.78 Å². The van der Waals surface area contributed by atoms with Gasteiger partial charge >= 0.3 is 0 Å². The Hall–Kier alpha value is -4.17. The van der Waals surface area contributed by atoms with Crippen molar-refractivity contribution in [3.05, 3.63) is 138 Å². The van der Waals surface area contributed by atoms with E-state index in [-0.39, 0.29) is 5.78 Å². The van der Waals surface area contributed by atoms with E-state index in [4.69, 9.17) is 4.74 Å². The van der Waals surface area contributed by atoms with E-state index in [0.29, 0.717) is 0 Å². The highest BCUT2D eigenvalue weighted by atomic mass is 16.5. The second-order valence-electron chi connectivity index (χ2n) is 9.36. The molecule has 184 valence electrons. The molecule has 1 aliphatic carbocycles. The van der Waals surface area contributed by atoms with E-state index in [0.717, 1.165) is 63.3 Å². The summed E-state index contributed by atoms with van der Waals surface area (Å²) in [6.07, 6.45) is 4.71. The third-order valence-corrected chi connectivity index (χ3v) is 6.80. The van der Waals surface area contributed by atoms with Gasteiger partial charge in [-0.15, -0.1) is 0 Å². The quantitative estimate of drug-likeness (QED) is 0.210. The van der Waals surface area contributed by atoms with Gasteiger partial charge in [-0.2, -0.15) is 0 Å². The minimum atomic E-state index is 0.0579. The van der Waals surface area contributed by atoms with Crippen LogP contribution in [0.15, 0.2) is 115 Å². The Kier molecular flexibility index (Phi) is 7.76. The topological polar surface area (TPSA) is 26.3 Å². The van der Waals surface area contributed by atoms with E-state index < -0.39 is 0 Å². The lowest BCUT2D eigenvalue weighted by atomic mass is 9.89. The van der Waals surface area contributed by atoms with Gasteiger partial charge in [-0.05, 0) is 40.8 Å². The fraction of sp³-hybridized carbons (Fsp3) is 0.171. The molecule has 0 radical (unpaired) electrons. The first-order chi connectivity index (χ1) is 18.3. The normalized spacial score (nSPS) is 13.4. The van der Waals surface area contributed by atoms with Crippen LogP contribution in [-0.4, -0.2) is 12.4 Å². The van der Waals surface area contributed by atoms with Crippen molar-refractivity contribution < 1.29 is 9.53 Å². The molecule has 2 nitrogen and oxygen atoms in total. The molecule has 0 unspecified atom stereocenters. The van der Waals surface area contributed by atoms with E-state index in [1.165, 1.54) is 19.3 Å². The molecule has 0 atom stereocenters. The standard InChI is InChI=1S/C35H32O2/c1-2-3-4-14-25-37-30-23-21-29(22-24-30)32-31(26-15-8-5-9-16-26)33(27-17-10-6-11-18-27)35(36)34(32)28-19-12-7-13-20-28/h5-13,15-24H,2-4,14,25H2,1H3. The van der Waals surface area contributed by atoms with Crippen molar-refractivity contribution in [2.24, 2.45) is 0 Å². The third kappa shape index (κ3) is 5.34. The van der Waals surface area contributed by atoms with Crippen molar-refractivity contribution in [3.63, 3.8) is 0 Å². The Balaban J connectivity index is 1.63. The van der Waals surface area contributed by atoms with E-state index in [2.05, 4.69) is 31.2 Å². The molecular formula is C35H32O2. The SMILES string of the molecule is CCCCCCOc1ccc(C2=C(c3ccccc3)C(=O)C(c3ccccc3)=C2c2ccccc2)cc1. The number of benzene rings is 4. The zero-order valence-corrected chi connectivity index (χ0v) is 21.3. The van der Waals surface area contributed by atoms with Gasteiger partial charge in [0.1, 0.15) is 5.75 Å². The highest BCUT2D eigenvalue weighted by molar-refractivity contribution is 6.59. The van der Waals surface area contributed by atoms with Gasteiger partial charge in [-0.3, -0.25) is 4.79 Å². The number of hydrogen-bond acceptors (Lipinski definition) is 2. The molecule has 2 heteroatoms. The van der Waals surface area contributed by atoms with Gasteiger partial charge in [-0.1, -0.05) is 129 Å². The number of rotatable bonds is 10. The number of Topliss-reactive ketones (excluding diaryl/α,β-unsaturated/α-hetero) is 1. The molecule has 37 heavy (non-hydrogen) atoms. The van der Waals surface area contributed by atoms with E-state index in [9.17, 15) is 4.79 Å². The molecule has 0 aromatic heterocycles. The van der Waals surface area contributed by atoms with Crippen LogP contribution in [-0.2, 0) is 4.79 Å². The molecule has 5 rings (SSSR count). The number of carbonyl (C=O) groups excluding carboxylic acids is 1. The largest absolute Gasteiger partial charge is 0.494 e. The van der Waals surface area contributed by atoms with Gasteiger partial charge in [0.05, 0.1) is 6.61 Å². The molecular weight excluding hydrogens is 452 g/mol. The van der Waals surface area contributed by atoms with Crippen LogP contribution in [0.4, 0.5) is 0 Å².